The van der Waals surface area contributed by atoms with Crippen LogP contribution in [0.2, 0.25) is 0 Å². The molecule has 0 rings (SSSR count). The summed E-state index contributed by atoms with van der Waals surface area (Å²) in [6, 6.07) is -0.584. The van der Waals surface area contributed by atoms with Gasteiger partial charge in [0.25, 0.3) is 0 Å². The lowest BCUT2D eigenvalue weighted by Crippen LogP contribution is -2.50. The molecule has 31 heavy (non-hydrogen) atoms. The maximum Gasteiger partial charge on any atom is 0.243 e. The van der Waals surface area contributed by atoms with E-state index in [0.29, 0.717) is 44.1 Å². The molecule has 0 fully saturated rings. The number of ether oxygens (including phenoxy) is 2. The van der Waals surface area contributed by atoms with Gasteiger partial charge < -0.3 is 20.1 Å². The van der Waals surface area contributed by atoms with Gasteiger partial charge in [0.1, 0.15) is 11.8 Å². The van der Waals surface area contributed by atoms with E-state index in [2.05, 4.69) is 23.3 Å². The van der Waals surface area contributed by atoms with Gasteiger partial charge in [-0.25, -0.2) is 0 Å². The van der Waals surface area contributed by atoms with Crippen LogP contribution in [0.1, 0.15) is 60.8 Å². The van der Waals surface area contributed by atoms with Gasteiger partial charge in [0.2, 0.25) is 11.8 Å². The number of thiol groups is 1. The Morgan fingerprint density at radius 3 is 2.19 bits per heavy atom. The summed E-state index contributed by atoms with van der Waals surface area (Å²) >= 11 is 5.58. The van der Waals surface area contributed by atoms with Gasteiger partial charge in [-0.3, -0.25) is 14.4 Å². The van der Waals surface area contributed by atoms with Crippen molar-refractivity contribution >= 4 is 42.0 Å². The molecule has 1 unspecified atom stereocenters. The second kappa shape index (κ2) is 15.1. The summed E-state index contributed by atoms with van der Waals surface area (Å²) < 4.78 is 11.8. The van der Waals surface area contributed by atoms with E-state index in [1.54, 1.807) is 0 Å². The minimum atomic E-state index is -0.681. The molecule has 0 aliphatic carbocycles. The van der Waals surface area contributed by atoms with Crippen LogP contribution in [0.25, 0.3) is 0 Å². The second-order valence-corrected chi connectivity index (χ2v) is 10.5. The lowest BCUT2D eigenvalue weighted by Gasteiger charge is -2.30. The van der Waals surface area contributed by atoms with Crippen LogP contribution < -0.4 is 10.6 Å². The number of nitrogens with one attached hydrogen (secondary N) is 2. The molecule has 1 atom stereocenters. The molecular weight excluding hydrogens is 436 g/mol. The monoisotopic (exact) mass is 478 g/mol. The molecule has 182 valence electrons. The highest BCUT2D eigenvalue weighted by Gasteiger charge is 2.28. The Hall–Kier alpha value is -0.770. The number of hydrogen-bond donors (Lipinski definition) is 3. The molecule has 0 saturated carbocycles. The first-order chi connectivity index (χ1) is 14.3. The van der Waals surface area contributed by atoms with Crippen LogP contribution in [0.15, 0.2) is 0 Å². The fourth-order valence-corrected chi connectivity index (χ4v) is 3.38. The lowest BCUT2D eigenvalue weighted by atomic mass is 10.0. The van der Waals surface area contributed by atoms with Gasteiger partial charge in [-0.2, -0.15) is 24.4 Å². The number of ketones is 1. The minimum absolute atomic E-state index is 0.0200. The third-order valence-electron chi connectivity index (χ3n) is 4.66. The first kappa shape index (κ1) is 30.2. The Labute approximate surface area is 197 Å². The van der Waals surface area contributed by atoms with E-state index in [4.69, 9.17) is 9.47 Å². The zero-order chi connectivity index (χ0) is 24.1. The molecule has 0 bridgehead atoms. The van der Waals surface area contributed by atoms with E-state index in [-0.39, 0.29) is 29.9 Å². The van der Waals surface area contributed by atoms with E-state index in [1.165, 1.54) is 11.8 Å². The molecule has 0 aromatic rings. The zero-order valence-corrected chi connectivity index (χ0v) is 21.9. The van der Waals surface area contributed by atoms with Crippen LogP contribution in [0, 0.1) is 5.92 Å². The highest BCUT2D eigenvalue weighted by atomic mass is 32.2. The largest absolute Gasteiger partial charge is 0.375 e. The molecule has 0 spiro atoms. The molecule has 2 amide bonds. The number of thioether (sulfide) groups is 1. The Kier molecular flexibility index (Phi) is 14.8. The molecule has 0 aromatic heterocycles. The topological polar surface area (TPSA) is 93.7 Å². The van der Waals surface area contributed by atoms with E-state index < -0.39 is 17.2 Å². The van der Waals surface area contributed by atoms with Crippen molar-refractivity contribution in [2.45, 2.75) is 78.0 Å². The highest BCUT2D eigenvalue weighted by molar-refractivity contribution is 7.98. The normalized spacial score (nSPS) is 13.2. The van der Waals surface area contributed by atoms with Crippen molar-refractivity contribution in [3.05, 3.63) is 0 Å². The molecule has 0 aromatic carbocycles. The number of amides is 2. The molecule has 7 nitrogen and oxygen atoms in total. The SMILES string of the molecule is CSCC(NC(=O)CC(C)(C)OCCC(C)(C)OCCC(=O)C(C)C)C(=O)NCCS. The highest BCUT2D eigenvalue weighted by Crippen LogP contribution is 2.20. The van der Waals surface area contributed by atoms with E-state index in [9.17, 15) is 14.4 Å². The Bertz CT molecular complexity index is 568. The maximum absolute atomic E-state index is 12.5. The first-order valence-electron chi connectivity index (χ1n) is 10.8. The molecular formula is C22H42N2O5S2. The maximum atomic E-state index is 12.5. The molecule has 9 heteroatoms. The molecule has 0 saturated heterocycles. The predicted molar refractivity (Wildman–Crippen MR) is 131 cm³/mol. The van der Waals surface area contributed by atoms with Crippen molar-refractivity contribution < 1.29 is 23.9 Å². The van der Waals surface area contributed by atoms with Gasteiger partial charge >= 0.3 is 0 Å². The van der Waals surface area contributed by atoms with Gasteiger partial charge in [-0.1, -0.05) is 13.8 Å². The summed E-state index contributed by atoms with van der Waals surface area (Å²) in [5.74, 6) is 0.819. The fraction of sp³-hybridized carbons (Fsp3) is 0.864. The van der Waals surface area contributed by atoms with Crippen LogP contribution in [0.5, 0.6) is 0 Å². The van der Waals surface area contributed by atoms with Crippen molar-refractivity contribution in [3.63, 3.8) is 0 Å². The predicted octanol–water partition coefficient (Wildman–Crippen LogP) is 2.87. The Morgan fingerprint density at radius 2 is 1.65 bits per heavy atom. The number of Topliss-reactive ketones (excluding diaryl/α,β-unsaturated/α-hetero) is 1. The number of carbonyl (C=O) groups is 3. The second-order valence-electron chi connectivity index (χ2n) is 9.10. The average Bonchev–Trinajstić information content (AvgIpc) is 2.64. The minimum Gasteiger partial charge on any atom is -0.375 e. The summed E-state index contributed by atoms with van der Waals surface area (Å²) in [6.45, 7) is 12.7. The number of rotatable bonds is 17. The van der Waals surface area contributed by atoms with Gasteiger partial charge in [0.05, 0.1) is 30.8 Å². The summed E-state index contributed by atoms with van der Waals surface area (Å²) in [7, 11) is 0. The van der Waals surface area contributed by atoms with E-state index in [1.807, 2.05) is 47.8 Å². The van der Waals surface area contributed by atoms with Crippen molar-refractivity contribution in [2.24, 2.45) is 5.92 Å². The van der Waals surface area contributed by atoms with Gasteiger partial charge in [0, 0.05) is 30.4 Å². The van der Waals surface area contributed by atoms with Crippen molar-refractivity contribution in [1.82, 2.24) is 10.6 Å². The Balaban J connectivity index is 4.47. The standard InChI is InChI=1S/C22H42N2O5S2/c1-16(2)18(25)8-11-28-21(3,4)9-12-29-22(5,6)14-19(26)24-17(15-31-7)20(27)23-10-13-30/h16-17,30H,8-15H2,1-7H3,(H,23,27)(H,24,26). The molecule has 0 heterocycles. The molecule has 2 N–H and O–H groups in total. The number of carbonyl (C=O) groups excluding carboxylic acids is 3. The third kappa shape index (κ3) is 14.8. The van der Waals surface area contributed by atoms with Crippen molar-refractivity contribution in [2.75, 3.05) is 37.5 Å². The van der Waals surface area contributed by atoms with Gasteiger partial charge in [-0.05, 0) is 40.4 Å². The summed E-state index contributed by atoms with van der Waals surface area (Å²) in [6.07, 6.45) is 3.07. The van der Waals surface area contributed by atoms with Crippen LogP contribution in [-0.2, 0) is 23.9 Å². The van der Waals surface area contributed by atoms with E-state index in [0.717, 1.165) is 0 Å². The molecule has 0 aliphatic rings. The average molecular weight is 479 g/mol. The molecule has 0 aliphatic heterocycles. The summed E-state index contributed by atoms with van der Waals surface area (Å²) in [5, 5.41) is 5.56. The van der Waals surface area contributed by atoms with Gasteiger partial charge in [0.15, 0.2) is 0 Å². The summed E-state index contributed by atoms with van der Waals surface area (Å²) in [5.41, 5.74) is -1.11. The Morgan fingerprint density at radius 1 is 1.03 bits per heavy atom. The van der Waals surface area contributed by atoms with Crippen LogP contribution in [0.3, 0.4) is 0 Å². The van der Waals surface area contributed by atoms with Crippen molar-refractivity contribution in [1.29, 1.82) is 0 Å². The van der Waals surface area contributed by atoms with E-state index >= 15 is 0 Å². The van der Waals surface area contributed by atoms with Crippen LogP contribution >= 0.6 is 24.4 Å². The quantitative estimate of drug-likeness (QED) is 0.278. The zero-order valence-electron chi connectivity index (χ0n) is 20.2. The van der Waals surface area contributed by atoms with Gasteiger partial charge in [-0.15, -0.1) is 0 Å². The summed E-state index contributed by atoms with van der Waals surface area (Å²) in [4.78, 5) is 36.4. The van der Waals surface area contributed by atoms with Crippen molar-refractivity contribution in [3.8, 4) is 0 Å². The van der Waals surface area contributed by atoms with Crippen LogP contribution in [-0.4, -0.2) is 72.4 Å². The molecule has 0 radical (unpaired) electrons. The number of hydrogen-bond acceptors (Lipinski definition) is 7. The fourth-order valence-electron chi connectivity index (χ4n) is 2.70. The third-order valence-corrected chi connectivity index (χ3v) is 5.55. The smallest absolute Gasteiger partial charge is 0.243 e. The van der Waals surface area contributed by atoms with Crippen LogP contribution in [0.4, 0.5) is 0 Å². The lowest BCUT2D eigenvalue weighted by molar-refractivity contribution is -0.133. The first-order valence-corrected chi connectivity index (χ1v) is 12.8.